The molecule has 4 nitrogen and oxygen atoms in total. The van der Waals surface area contributed by atoms with Gasteiger partial charge in [-0.3, -0.25) is 9.59 Å². The van der Waals surface area contributed by atoms with Crippen molar-refractivity contribution in [1.29, 1.82) is 0 Å². The lowest BCUT2D eigenvalue weighted by atomic mass is 10.1. The van der Waals surface area contributed by atoms with Crippen LogP contribution in [0.5, 0.6) is 0 Å². The number of hydrogen-bond acceptors (Lipinski definition) is 4. The Morgan fingerprint density at radius 2 is 1.74 bits per heavy atom. The molecule has 3 aromatic rings. The van der Waals surface area contributed by atoms with Crippen LogP contribution >= 0.6 is 35.0 Å². The zero-order valence-corrected chi connectivity index (χ0v) is 21.1. The minimum atomic E-state index is -1.07. The molecule has 0 unspecified atom stereocenters. The number of thioether (sulfide) groups is 1. The average Bonchev–Trinajstić information content (AvgIpc) is 2.84. The van der Waals surface area contributed by atoms with Gasteiger partial charge in [0.25, 0.3) is 5.91 Å². The molecule has 9 heteroatoms. The van der Waals surface area contributed by atoms with Gasteiger partial charge < -0.3 is 9.80 Å². The van der Waals surface area contributed by atoms with E-state index in [0.29, 0.717) is 40.1 Å². The summed E-state index contributed by atoms with van der Waals surface area (Å²) in [5.41, 5.74) is 1.58. The Bertz CT molecular complexity index is 1270. The van der Waals surface area contributed by atoms with Gasteiger partial charge in [-0.25, -0.2) is 8.78 Å². The van der Waals surface area contributed by atoms with Crippen molar-refractivity contribution in [2.75, 3.05) is 30.3 Å². The lowest BCUT2D eigenvalue weighted by Crippen LogP contribution is -2.53. The Labute approximate surface area is 216 Å². The van der Waals surface area contributed by atoms with Crippen molar-refractivity contribution in [2.45, 2.75) is 17.9 Å². The third-order valence-electron chi connectivity index (χ3n) is 5.83. The number of hydrogen-bond donors (Lipinski definition) is 0. The predicted octanol–water partition coefficient (Wildman–Crippen LogP) is 6.60. The van der Waals surface area contributed by atoms with Gasteiger partial charge in [0.2, 0.25) is 0 Å². The second kappa shape index (κ2) is 11.0. The number of amides is 1. The second-order valence-electron chi connectivity index (χ2n) is 8.26. The maximum Gasteiger partial charge on any atom is 0.254 e. The molecule has 0 N–H and O–H groups in total. The van der Waals surface area contributed by atoms with Gasteiger partial charge in [0.15, 0.2) is 17.4 Å². The molecule has 0 saturated carbocycles. The van der Waals surface area contributed by atoms with Crippen LogP contribution in [0, 0.1) is 11.6 Å². The van der Waals surface area contributed by atoms with Crippen LogP contribution in [-0.4, -0.2) is 48.0 Å². The molecular formula is C26H22Cl2F2N2O2S. The lowest BCUT2D eigenvalue weighted by Gasteiger charge is -2.41. The highest BCUT2D eigenvalue weighted by Crippen LogP contribution is 2.30. The quantitative estimate of drug-likeness (QED) is 0.264. The van der Waals surface area contributed by atoms with Crippen LogP contribution in [0.2, 0.25) is 10.0 Å². The van der Waals surface area contributed by atoms with Crippen molar-refractivity contribution in [1.82, 2.24) is 4.90 Å². The molecule has 0 aliphatic carbocycles. The number of piperazine rings is 1. The van der Waals surface area contributed by atoms with Crippen LogP contribution in [-0.2, 0) is 0 Å². The number of carbonyl (C=O) groups is 2. The molecule has 182 valence electrons. The minimum Gasteiger partial charge on any atom is -0.365 e. The molecule has 1 saturated heterocycles. The van der Waals surface area contributed by atoms with E-state index in [9.17, 15) is 18.4 Å². The van der Waals surface area contributed by atoms with Crippen molar-refractivity contribution in [3.05, 3.63) is 93.5 Å². The van der Waals surface area contributed by atoms with Crippen molar-refractivity contribution >= 4 is 52.3 Å². The summed E-state index contributed by atoms with van der Waals surface area (Å²) >= 11 is 13.7. The number of halogens is 4. The van der Waals surface area contributed by atoms with Gasteiger partial charge in [-0.2, -0.15) is 0 Å². The molecule has 35 heavy (non-hydrogen) atoms. The summed E-state index contributed by atoms with van der Waals surface area (Å²) < 4.78 is 26.5. The molecule has 1 atom stereocenters. The Hall–Kier alpha value is -2.61. The SMILES string of the molecule is C[C@H]1CN(C(=O)c2ccc(SCC(=O)c3ccc(F)c(F)c3)c(Cl)c2)CCN1c1cccc(Cl)c1. The maximum atomic E-state index is 13.4. The highest BCUT2D eigenvalue weighted by molar-refractivity contribution is 8.00. The molecule has 1 aliphatic rings. The number of carbonyl (C=O) groups excluding carboxylic acids is 2. The number of benzene rings is 3. The molecule has 3 aromatic carbocycles. The zero-order valence-electron chi connectivity index (χ0n) is 18.8. The van der Waals surface area contributed by atoms with Crippen molar-refractivity contribution in [3.63, 3.8) is 0 Å². The van der Waals surface area contributed by atoms with E-state index in [0.717, 1.165) is 17.8 Å². The largest absolute Gasteiger partial charge is 0.365 e. The molecule has 0 bridgehead atoms. The van der Waals surface area contributed by atoms with Crippen LogP contribution in [0.3, 0.4) is 0 Å². The Balaban J connectivity index is 1.37. The number of anilines is 1. The maximum absolute atomic E-state index is 13.4. The van der Waals surface area contributed by atoms with Crippen LogP contribution in [0.4, 0.5) is 14.5 Å². The first-order chi connectivity index (χ1) is 16.7. The summed E-state index contributed by atoms with van der Waals surface area (Å²) in [7, 11) is 0. The molecular weight excluding hydrogens is 513 g/mol. The highest BCUT2D eigenvalue weighted by Gasteiger charge is 2.28. The van der Waals surface area contributed by atoms with E-state index in [-0.39, 0.29) is 29.0 Å². The number of ketones is 1. The van der Waals surface area contributed by atoms with Crippen molar-refractivity contribution in [2.24, 2.45) is 0 Å². The molecule has 1 heterocycles. The molecule has 4 rings (SSSR count). The average molecular weight is 535 g/mol. The summed E-state index contributed by atoms with van der Waals surface area (Å²) in [6, 6.07) is 15.8. The van der Waals surface area contributed by atoms with Gasteiger partial charge in [-0.1, -0.05) is 29.3 Å². The zero-order chi connectivity index (χ0) is 25.1. The van der Waals surface area contributed by atoms with E-state index < -0.39 is 11.6 Å². The molecule has 0 spiro atoms. The fraction of sp³-hybridized carbons (Fsp3) is 0.231. The summed E-state index contributed by atoms with van der Waals surface area (Å²) in [5.74, 6) is -2.53. The van der Waals surface area contributed by atoms with Gasteiger partial charge in [0.1, 0.15) is 0 Å². The van der Waals surface area contributed by atoms with Gasteiger partial charge in [0, 0.05) is 52.4 Å². The third kappa shape index (κ3) is 5.97. The van der Waals surface area contributed by atoms with Gasteiger partial charge >= 0.3 is 0 Å². The molecule has 1 fully saturated rings. The van der Waals surface area contributed by atoms with Crippen LogP contribution in [0.15, 0.2) is 65.6 Å². The van der Waals surface area contributed by atoms with E-state index in [1.165, 1.54) is 17.8 Å². The van der Waals surface area contributed by atoms with E-state index in [2.05, 4.69) is 11.8 Å². The first-order valence-electron chi connectivity index (χ1n) is 10.9. The fourth-order valence-corrected chi connectivity index (χ4v) is 5.35. The van der Waals surface area contributed by atoms with Crippen LogP contribution in [0.1, 0.15) is 27.6 Å². The van der Waals surface area contributed by atoms with E-state index in [1.807, 2.05) is 24.3 Å². The predicted molar refractivity (Wildman–Crippen MR) is 137 cm³/mol. The van der Waals surface area contributed by atoms with Crippen LogP contribution < -0.4 is 4.90 Å². The summed E-state index contributed by atoms with van der Waals surface area (Å²) in [5, 5.41) is 1.02. The van der Waals surface area contributed by atoms with Gasteiger partial charge in [-0.05, 0) is 61.5 Å². The number of Topliss-reactive ketones (excluding diaryl/α,β-unsaturated/α-hetero) is 1. The molecule has 0 aromatic heterocycles. The number of rotatable bonds is 6. The summed E-state index contributed by atoms with van der Waals surface area (Å²) in [6.45, 7) is 3.87. The van der Waals surface area contributed by atoms with Crippen molar-refractivity contribution in [3.8, 4) is 0 Å². The van der Waals surface area contributed by atoms with Gasteiger partial charge in [-0.15, -0.1) is 11.8 Å². The fourth-order valence-electron chi connectivity index (χ4n) is 4.01. The minimum absolute atomic E-state index is 0.00105. The number of nitrogens with zero attached hydrogens (tertiary/aromatic N) is 2. The lowest BCUT2D eigenvalue weighted by molar-refractivity contribution is 0.0726. The topological polar surface area (TPSA) is 40.6 Å². The summed E-state index contributed by atoms with van der Waals surface area (Å²) in [6.07, 6.45) is 0. The molecule has 1 aliphatic heterocycles. The standard InChI is InChI=1S/C26H22Cl2F2N2O2S/c1-16-14-31(9-10-32(16)20-4-2-3-19(27)13-20)26(34)18-6-8-25(21(28)11-18)35-15-24(33)17-5-7-22(29)23(30)12-17/h2-8,11-13,16H,9-10,14-15H2,1H3/t16-/m0/s1. The summed E-state index contributed by atoms with van der Waals surface area (Å²) in [4.78, 5) is 30.1. The highest BCUT2D eigenvalue weighted by atomic mass is 35.5. The van der Waals surface area contributed by atoms with E-state index >= 15 is 0 Å². The molecule has 0 radical (unpaired) electrons. The van der Waals surface area contributed by atoms with Gasteiger partial charge in [0.05, 0.1) is 10.8 Å². The normalized spacial score (nSPS) is 15.9. The third-order valence-corrected chi connectivity index (χ3v) is 7.57. The monoisotopic (exact) mass is 534 g/mol. The first kappa shape index (κ1) is 25.5. The first-order valence-corrected chi connectivity index (χ1v) is 12.7. The van der Waals surface area contributed by atoms with E-state index in [1.54, 1.807) is 23.1 Å². The Morgan fingerprint density at radius 1 is 0.971 bits per heavy atom. The van der Waals surface area contributed by atoms with E-state index in [4.69, 9.17) is 23.2 Å². The Morgan fingerprint density at radius 3 is 2.43 bits per heavy atom. The van der Waals surface area contributed by atoms with Crippen molar-refractivity contribution < 1.29 is 18.4 Å². The Kier molecular flexibility index (Phi) is 7.99. The second-order valence-corrected chi connectivity index (χ2v) is 10.1. The smallest absolute Gasteiger partial charge is 0.254 e. The molecule has 1 amide bonds. The van der Waals surface area contributed by atoms with Crippen LogP contribution in [0.25, 0.3) is 0 Å².